The molecule has 5 nitrogen and oxygen atoms in total. The van der Waals surface area contributed by atoms with Crippen molar-refractivity contribution in [3.8, 4) is 0 Å². The van der Waals surface area contributed by atoms with Crippen LogP contribution in [0.25, 0.3) is 0 Å². The number of benzene rings is 2. The first kappa shape index (κ1) is 19.5. The summed E-state index contributed by atoms with van der Waals surface area (Å²) in [6.07, 6.45) is 0. The summed E-state index contributed by atoms with van der Waals surface area (Å²) in [4.78, 5) is 28.0. The molecule has 1 N–H and O–H groups in total. The lowest BCUT2D eigenvalue weighted by atomic mass is 10.2. The highest BCUT2D eigenvalue weighted by atomic mass is 16.2. The van der Waals surface area contributed by atoms with Crippen LogP contribution in [0, 0.1) is 6.92 Å². The van der Waals surface area contributed by atoms with Crippen LogP contribution < -0.4 is 15.1 Å². The molecule has 0 aliphatic carbocycles. The van der Waals surface area contributed by atoms with Gasteiger partial charge in [-0.1, -0.05) is 17.7 Å². The second-order valence-electron chi connectivity index (χ2n) is 6.21. The molecule has 0 fully saturated rings. The first-order chi connectivity index (χ1) is 12.4. The number of hydrogen-bond donors (Lipinski definition) is 1. The van der Waals surface area contributed by atoms with Gasteiger partial charge in [-0.2, -0.15) is 0 Å². The molecule has 2 aromatic rings. The van der Waals surface area contributed by atoms with E-state index in [0.29, 0.717) is 0 Å². The van der Waals surface area contributed by atoms with E-state index in [4.69, 9.17) is 0 Å². The van der Waals surface area contributed by atoms with Crippen LogP contribution in [0.3, 0.4) is 0 Å². The highest BCUT2D eigenvalue weighted by Gasteiger charge is 2.16. The Hall–Kier alpha value is -2.82. The maximum Gasteiger partial charge on any atom is 0.244 e. The van der Waals surface area contributed by atoms with E-state index < -0.39 is 0 Å². The average molecular weight is 353 g/mol. The van der Waals surface area contributed by atoms with Gasteiger partial charge in [0.25, 0.3) is 0 Å². The lowest BCUT2D eigenvalue weighted by Crippen LogP contribution is -2.36. The zero-order valence-corrected chi connectivity index (χ0v) is 16.0. The molecule has 0 spiro atoms. The lowest BCUT2D eigenvalue weighted by molar-refractivity contribution is -0.120. The maximum atomic E-state index is 12.4. The fourth-order valence-electron chi connectivity index (χ4n) is 2.80. The third kappa shape index (κ3) is 5.09. The van der Waals surface area contributed by atoms with Gasteiger partial charge in [-0.3, -0.25) is 9.59 Å². The molecule has 0 unspecified atom stereocenters. The van der Waals surface area contributed by atoms with Crippen molar-refractivity contribution in [3.05, 3.63) is 54.1 Å². The molecule has 0 aliphatic rings. The molecule has 26 heavy (non-hydrogen) atoms. The van der Waals surface area contributed by atoms with Crippen molar-refractivity contribution in [1.29, 1.82) is 0 Å². The van der Waals surface area contributed by atoms with Gasteiger partial charge in [0.2, 0.25) is 11.8 Å². The third-order valence-corrected chi connectivity index (χ3v) is 4.31. The van der Waals surface area contributed by atoms with Gasteiger partial charge >= 0.3 is 0 Å². The molecule has 2 rings (SSSR count). The van der Waals surface area contributed by atoms with E-state index in [1.54, 1.807) is 0 Å². The van der Waals surface area contributed by atoms with Crippen molar-refractivity contribution in [1.82, 2.24) is 0 Å². The van der Waals surface area contributed by atoms with Gasteiger partial charge in [-0.15, -0.1) is 0 Å². The third-order valence-electron chi connectivity index (χ3n) is 4.31. The van der Waals surface area contributed by atoms with Crippen LogP contribution in [0.15, 0.2) is 48.5 Å². The van der Waals surface area contributed by atoms with E-state index >= 15 is 0 Å². The fraction of sp³-hybridized carbons (Fsp3) is 0.333. The molecule has 5 heteroatoms. The number of nitrogens with zero attached hydrogens (tertiary/aromatic N) is 2. The first-order valence-electron chi connectivity index (χ1n) is 8.94. The molecule has 0 radical (unpaired) electrons. The number of aryl methyl sites for hydroxylation is 1. The van der Waals surface area contributed by atoms with Crippen LogP contribution in [0.2, 0.25) is 0 Å². The van der Waals surface area contributed by atoms with Gasteiger partial charge in [-0.25, -0.2) is 0 Å². The molecule has 138 valence electrons. The van der Waals surface area contributed by atoms with Crippen molar-refractivity contribution in [2.24, 2.45) is 0 Å². The Morgan fingerprint density at radius 3 is 1.92 bits per heavy atom. The van der Waals surface area contributed by atoms with Gasteiger partial charge in [-0.05, 0) is 57.2 Å². The van der Waals surface area contributed by atoms with Crippen LogP contribution in [0.5, 0.6) is 0 Å². The van der Waals surface area contributed by atoms with E-state index in [9.17, 15) is 9.59 Å². The molecule has 0 bridgehead atoms. The number of rotatable bonds is 7. The summed E-state index contributed by atoms with van der Waals surface area (Å²) in [6, 6.07) is 15.3. The predicted molar refractivity (Wildman–Crippen MR) is 108 cm³/mol. The number of hydrogen-bond acceptors (Lipinski definition) is 3. The second kappa shape index (κ2) is 9.04. The summed E-state index contributed by atoms with van der Waals surface area (Å²) in [5, 5.41) is 2.86. The Labute approximate surface area is 155 Å². The lowest BCUT2D eigenvalue weighted by Gasteiger charge is -2.22. The summed E-state index contributed by atoms with van der Waals surface area (Å²) in [7, 11) is 0. The van der Waals surface area contributed by atoms with Gasteiger partial charge < -0.3 is 15.1 Å². The molecule has 0 atom stereocenters. The SMILES string of the molecule is CCN(CC)c1ccc(NC(=O)CN(C(C)=O)c2ccc(C)cc2)cc1. The summed E-state index contributed by atoms with van der Waals surface area (Å²) in [5.41, 5.74) is 3.67. The topological polar surface area (TPSA) is 52.7 Å². The number of carbonyl (C=O) groups is 2. The number of anilines is 3. The Morgan fingerprint density at radius 2 is 1.42 bits per heavy atom. The minimum atomic E-state index is -0.226. The zero-order valence-electron chi connectivity index (χ0n) is 16.0. The molecular weight excluding hydrogens is 326 g/mol. The summed E-state index contributed by atoms with van der Waals surface area (Å²) in [6.45, 7) is 9.53. The van der Waals surface area contributed by atoms with E-state index in [-0.39, 0.29) is 18.4 Å². The van der Waals surface area contributed by atoms with Crippen LogP contribution in [-0.2, 0) is 9.59 Å². The van der Waals surface area contributed by atoms with Crippen LogP contribution in [0.1, 0.15) is 26.3 Å². The Morgan fingerprint density at radius 1 is 0.885 bits per heavy atom. The molecule has 0 aliphatic heterocycles. The highest BCUT2D eigenvalue weighted by Crippen LogP contribution is 2.19. The average Bonchev–Trinajstić information content (AvgIpc) is 2.63. The molecule has 0 saturated carbocycles. The van der Waals surface area contributed by atoms with Gasteiger partial charge in [0.1, 0.15) is 6.54 Å². The minimum absolute atomic E-state index is 0.0177. The van der Waals surface area contributed by atoms with Gasteiger partial charge in [0.15, 0.2) is 0 Å². The predicted octanol–water partition coefficient (Wildman–Crippen LogP) is 3.83. The van der Waals surface area contributed by atoms with Crippen molar-refractivity contribution in [2.45, 2.75) is 27.7 Å². The quantitative estimate of drug-likeness (QED) is 0.823. The molecule has 2 aromatic carbocycles. The van der Waals surface area contributed by atoms with Crippen molar-refractivity contribution in [2.75, 3.05) is 34.8 Å². The number of carbonyl (C=O) groups excluding carboxylic acids is 2. The Bertz CT molecular complexity index is 735. The Kier molecular flexibility index (Phi) is 6.78. The Balaban J connectivity index is 2.04. The highest BCUT2D eigenvalue weighted by molar-refractivity contribution is 6.01. The van der Waals surface area contributed by atoms with Crippen molar-refractivity contribution >= 4 is 28.9 Å². The fourth-order valence-corrected chi connectivity index (χ4v) is 2.80. The minimum Gasteiger partial charge on any atom is -0.372 e. The van der Waals surface area contributed by atoms with E-state index in [0.717, 1.165) is 35.7 Å². The van der Waals surface area contributed by atoms with Gasteiger partial charge in [0.05, 0.1) is 0 Å². The largest absolute Gasteiger partial charge is 0.372 e. The standard InChI is InChI=1S/C21H27N3O2/c1-5-23(6-2)19-13-9-18(10-14-19)22-21(26)15-24(17(4)25)20-11-7-16(3)8-12-20/h7-14H,5-6,15H2,1-4H3,(H,22,26). The second-order valence-corrected chi connectivity index (χ2v) is 6.21. The maximum absolute atomic E-state index is 12.4. The monoisotopic (exact) mass is 353 g/mol. The normalized spacial score (nSPS) is 10.3. The zero-order chi connectivity index (χ0) is 19.1. The van der Waals surface area contributed by atoms with Crippen LogP contribution >= 0.6 is 0 Å². The summed E-state index contributed by atoms with van der Waals surface area (Å²) < 4.78 is 0. The van der Waals surface area contributed by atoms with E-state index in [1.165, 1.54) is 11.8 Å². The number of nitrogens with one attached hydrogen (secondary N) is 1. The molecule has 2 amide bonds. The summed E-state index contributed by atoms with van der Waals surface area (Å²) in [5.74, 6) is -0.391. The van der Waals surface area contributed by atoms with Gasteiger partial charge in [0, 0.05) is 37.1 Å². The number of amides is 2. The molecule has 0 saturated heterocycles. The van der Waals surface area contributed by atoms with E-state index in [1.807, 2.05) is 55.5 Å². The molecule has 0 aromatic heterocycles. The smallest absolute Gasteiger partial charge is 0.244 e. The van der Waals surface area contributed by atoms with Crippen LogP contribution in [0.4, 0.5) is 17.1 Å². The summed E-state index contributed by atoms with van der Waals surface area (Å²) >= 11 is 0. The van der Waals surface area contributed by atoms with E-state index in [2.05, 4.69) is 24.1 Å². The van der Waals surface area contributed by atoms with Crippen molar-refractivity contribution < 1.29 is 9.59 Å². The first-order valence-corrected chi connectivity index (χ1v) is 8.94. The van der Waals surface area contributed by atoms with Crippen LogP contribution in [-0.4, -0.2) is 31.4 Å². The molecular formula is C21H27N3O2. The molecule has 0 heterocycles. The van der Waals surface area contributed by atoms with Crippen molar-refractivity contribution in [3.63, 3.8) is 0 Å².